The van der Waals surface area contributed by atoms with Crippen molar-refractivity contribution >= 4 is 11.4 Å². The van der Waals surface area contributed by atoms with Gasteiger partial charge in [0, 0.05) is 22.5 Å². The number of allylic oxidation sites excluding steroid dienone is 3. The van der Waals surface area contributed by atoms with Crippen molar-refractivity contribution < 1.29 is 0 Å². The maximum absolute atomic E-state index is 2.40. The van der Waals surface area contributed by atoms with E-state index in [1.54, 1.807) is 0 Å². The second kappa shape index (κ2) is 7.02. The van der Waals surface area contributed by atoms with Gasteiger partial charge in [0.2, 0.25) is 0 Å². The summed E-state index contributed by atoms with van der Waals surface area (Å²) in [4.78, 5) is 2.40. The van der Waals surface area contributed by atoms with Gasteiger partial charge in [-0.15, -0.1) is 0 Å². The summed E-state index contributed by atoms with van der Waals surface area (Å²) in [5.41, 5.74) is 10.5. The summed E-state index contributed by atoms with van der Waals surface area (Å²) in [7, 11) is 0. The number of hydrogen-bond donors (Lipinski definition) is 0. The van der Waals surface area contributed by atoms with E-state index in [-0.39, 0.29) is 5.41 Å². The number of anilines is 2. The van der Waals surface area contributed by atoms with Gasteiger partial charge in [-0.3, -0.25) is 0 Å². The quantitative estimate of drug-likeness (QED) is 0.438. The SMILES string of the molecule is Cc1ccc(N(C2=CCC(C)C=C2)c2ccc3c(c2)C(C)(C)c2ccccc2-3)cc1. The predicted molar refractivity (Wildman–Crippen MR) is 128 cm³/mol. The molecule has 1 nitrogen and oxygen atoms in total. The van der Waals surface area contributed by atoms with E-state index in [0.29, 0.717) is 5.92 Å². The lowest BCUT2D eigenvalue weighted by atomic mass is 9.82. The minimum atomic E-state index is 0.00613. The van der Waals surface area contributed by atoms with Gasteiger partial charge in [-0.25, -0.2) is 0 Å². The molecule has 1 unspecified atom stereocenters. The van der Waals surface area contributed by atoms with Gasteiger partial charge in [0.1, 0.15) is 0 Å². The minimum absolute atomic E-state index is 0.00613. The van der Waals surface area contributed by atoms with Gasteiger partial charge in [0.25, 0.3) is 0 Å². The van der Waals surface area contributed by atoms with Crippen molar-refractivity contribution in [3.05, 3.63) is 107 Å². The van der Waals surface area contributed by atoms with Crippen LogP contribution in [0.15, 0.2) is 90.7 Å². The summed E-state index contributed by atoms with van der Waals surface area (Å²) in [6.07, 6.45) is 8.05. The van der Waals surface area contributed by atoms with E-state index in [4.69, 9.17) is 0 Å². The fourth-order valence-electron chi connectivity index (χ4n) is 4.85. The molecule has 1 atom stereocenters. The molecule has 0 fully saturated rings. The predicted octanol–water partition coefficient (Wildman–Crippen LogP) is 7.92. The van der Waals surface area contributed by atoms with E-state index in [1.165, 1.54) is 44.9 Å². The lowest BCUT2D eigenvalue weighted by molar-refractivity contribution is 0.660. The Morgan fingerprint density at radius 3 is 2.27 bits per heavy atom. The number of nitrogens with zero attached hydrogens (tertiary/aromatic N) is 1. The number of benzene rings is 3. The van der Waals surface area contributed by atoms with E-state index in [2.05, 4.69) is 118 Å². The maximum Gasteiger partial charge on any atom is 0.0464 e. The Hall–Kier alpha value is -3.06. The van der Waals surface area contributed by atoms with Crippen LogP contribution in [0.3, 0.4) is 0 Å². The van der Waals surface area contributed by atoms with E-state index < -0.39 is 0 Å². The summed E-state index contributed by atoms with van der Waals surface area (Å²) in [5.74, 6) is 0.599. The number of rotatable bonds is 3. The van der Waals surface area contributed by atoms with Gasteiger partial charge in [0.05, 0.1) is 0 Å². The zero-order valence-electron chi connectivity index (χ0n) is 18.3. The van der Waals surface area contributed by atoms with Crippen LogP contribution in [0, 0.1) is 12.8 Å². The zero-order chi connectivity index (χ0) is 20.9. The highest BCUT2D eigenvalue weighted by molar-refractivity contribution is 5.84. The molecule has 3 aromatic carbocycles. The molecule has 0 spiro atoms. The molecule has 0 saturated heterocycles. The molecule has 0 N–H and O–H groups in total. The minimum Gasteiger partial charge on any atom is -0.311 e. The Morgan fingerprint density at radius 1 is 0.833 bits per heavy atom. The Kier molecular flexibility index (Phi) is 4.43. The molecule has 0 amide bonds. The molecule has 2 aliphatic carbocycles. The van der Waals surface area contributed by atoms with Gasteiger partial charge in [0.15, 0.2) is 0 Å². The molecule has 1 heteroatoms. The average Bonchev–Trinajstić information content (AvgIpc) is 2.98. The molecule has 2 aliphatic rings. The summed E-state index contributed by atoms with van der Waals surface area (Å²) in [6, 6.07) is 24.7. The lowest BCUT2D eigenvalue weighted by Crippen LogP contribution is -2.19. The van der Waals surface area contributed by atoms with Crippen molar-refractivity contribution in [1.29, 1.82) is 0 Å². The third-order valence-electron chi connectivity index (χ3n) is 6.67. The molecule has 0 saturated carbocycles. The molecular weight excluding hydrogens is 362 g/mol. The smallest absolute Gasteiger partial charge is 0.0464 e. The van der Waals surface area contributed by atoms with Crippen molar-refractivity contribution in [3.63, 3.8) is 0 Å². The number of hydrogen-bond acceptors (Lipinski definition) is 1. The molecule has 0 radical (unpaired) electrons. The molecule has 0 aliphatic heterocycles. The van der Waals surface area contributed by atoms with Gasteiger partial charge < -0.3 is 4.90 Å². The van der Waals surface area contributed by atoms with Crippen molar-refractivity contribution in [2.75, 3.05) is 4.90 Å². The summed E-state index contributed by atoms with van der Waals surface area (Å²) >= 11 is 0. The third kappa shape index (κ3) is 3.01. The largest absolute Gasteiger partial charge is 0.311 e. The lowest BCUT2D eigenvalue weighted by Gasteiger charge is -2.30. The van der Waals surface area contributed by atoms with Crippen molar-refractivity contribution in [2.24, 2.45) is 5.92 Å². The molecule has 0 bridgehead atoms. The fraction of sp³-hybridized carbons (Fsp3) is 0.241. The number of fused-ring (bicyclic) bond motifs is 3. The Balaban J connectivity index is 1.66. The monoisotopic (exact) mass is 391 g/mol. The summed E-state index contributed by atoms with van der Waals surface area (Å²) < 4.78 is 0. The maximum atomic E-state index is 2.40. The first-order valence-corrected chi connectivity index (χ1v) is 10.9. The first-order chi connectivity index (χ1) is 14.4. The van der Waals surface area contributed by atoms with Crippen molar-refractivity contribution in [2.45, 2.75) is 39.5 Å². The van der Waals surface area contributed by atoms with Crippen LogP contribution in [0.2, 0.25) is 0 Å². The molecule has 150 valence electrons. The Morgan fingerprint density at radius 2 is 1.53 bits per heavy atom. The van der Waals surface area contributed by atoms with Gasteiger partial charge >= 0.3 is 0 Å². The highest BCUT2D eigenvalue weighted by atomic mass is 15.1. The van der Waals surface area contributed by atoms with Gasteiger partial charge in [-0.05, 0) is 71.9 Å². The summed E-state index contributed by atoms with van der Waals surface area (Å²) in [5, 5.41) is 0. The van der Waals surface area contributed by atoms with Crippen LogP contribution < -0.4 is 4.90 Å². The normalized spacial score (nSPS) is 18.5. The Bertz CT molecular complexity index is 1160. The van der Waals surface area contributed by atoms with E-state index in [1.807, 2.05) is 0 Å². The highest BCUT2D eigenvalue weighted by Gasteiger charge is 2.35. The molecule has 30 heavy (non-hydrogen) atoms. The standard InChI is InChI=1S/C29H29N/c1-20-9-13-22(14-10-20)30(23-15-11-21(2)12-16-23)24-17-18-26-25-7-5-6-8-27(25)29(3,4)28(26)19-24/h5-11,13-19,21H,12H2,1-4H3. The van der Waals surface area contributed by atoms with Gasteiger partial charge in [-0.1, -0.05) is 81.0 Å². The van der Waals surface area contributed by atoms with Crippen molar-refractivity contribution in [3.8, 4) is 11.1 Å². The molecule has 3 aromatic rings. The van der Waals surface area contributed by atoms with E-state index >= 15 is 0 Å². The summed E-state index contributed by atoms with van der Waals surface area (Å²) in [6.45, 7) is 9.11. The molecule has 5 rings (SSSR count). The first-order valence-electron chi connectivity index (χ1n) is 10.9. The van der Waals surface area contributed by atoms with Crippen LogP contribution in [0.25, 0.3) is 11.1 Å². The van der Waals surface area contributed by atoms with E-state index in [0.717, 1.165) is 6.42 Å². The topological polar surface area (TPSA) is 3.24 Å². The van der Waals surface area contributed by atoms with Crippen LogP contribution in [0.5, 0.6) is 0 Å². The van der Waals surface area contributed by atoms with Gasteiger partial charge in [-0.2, -0.15) is 0 Å². The fourth-order valence-corrected chi connectivity index (χ4v) is 4.85. The highest BCUT2D eigenvalue weighted by Crippen LogP contribution is 2.50. The van der Waals surface area contributed by atoms with Crippen LogP contribution >= 0.6 is 0 Å². The zero-order valence-corrected chi connectivity index (χ0v) is 18.3. The molecular formula is C29H29N. The van der Waals surface area contributed by atoms with Crippen molar-refractivity contribution in [1.82, 2.24) is 0 Å². The first kappa shape index (κ1) is 18.9. The molecule has 0 aromatic heterocycles. The van der Waals surface area contributed by atoms with Crippen LogP contribution in [-0.4, -0.2) is 0 Å². The second-order valence-electron chi connectivity index (χ2n) is 9.27. The second-order valence-corrected chi connectivity index (χ2v) is 9.27. The van der Waals surface area contributed by atoms with Crippen LogP contribution in [-0.2, 0) is 5.41 Å². The van der Waals surface area contributed by atoms with Crippen LogP contribution in [0.1, 0.15) is 43.9 Å². The Labute approximate surface area is 180 Å². The average molecular weight is 392 g/mol. The van der Waals surface area contributed by atoms with Crippen LogP contribution in [0.4, 0.5) is 11.4 Å². The number of aryl methyl sites for hydroxylation is 1. The third-order valence-corrected chi connectivity index (χ3v) is 6.67. The van der Waals surface area contributed by atoms with E-state index in [9.17, 15) is 0 Å². The molecule has 0 heterocycles.